The Balaban J connectivity index is 2.32. The Morgan fingerprint density at radius 3 is 3.23 bits per heavy atom. The van der Waals surface area contributed by atoms with Crippen molar-refractivity contribution in [3.8, 4) is 0 Å². The van der Waals surface area contributed by atoms with Gasteiger partial charge in [-0.2, -0.15) is 0 Å². The number of nitrogens with one attached hydrogen (secondary N) is 1. The lowest BCUT2D eigenvalue weighted by Gasteiger charge is -2.22. The summed E-state index contributed by atoms with van der Waals surface area (Å²) in [5, 5.41) is 10.1. The highest BCUT2D eigenvalue weighted by Gasteiger charge is 2.24. The van der Waals surface area contributed by atoms with Crippen molar-refractivity contribution in [3.63, 3.8) is 0 Å². The lowest BCUT2D eigenvalue weighted by Crippen LogP contribution is -2.44. The van der Waals surface area contributed by atoms with Crippen molar-refractivity contribution < 1.29 is 9.90 Å². The fourth-order valence-electron chi connectivity index (χ4n) is 1.15. The van der Waals surface area contributed by atoms with Crippen molar-refractivity contribution >= 4 is 23.4 Å². The van der Waals surface area contributed by atoms with Gasteiger partial charge in [-0.15, -0.1) is 0 Å². The van der Waals surface area contributed by atoms with Gasteiger partial charge in [-0.05, 0) is 0 Å². The third-order valence-corrected chi connectivity index (χ3v) is 2.08. The predicted octanol–water partition coefficient (Wildman–Crippen LogP) is 0.903. The molecular weight excluding hydrogens is 194 g/mol. The minimum absolute atomic E-state index is 0.380. The van der Waals surface area contributed by atoms with Gasteiger partial charge in [-0.25, -0.2) is 15.2 Å². The zero-order valence-corrected chi connectivity index (χ0v) is 7.25. The second-order valence-corrected chi connectivity index (χ2v) is 2.99. The molecule has 1 amide bonds. The third-order valence-electron chi connectivity index (χ3n) is 1.78. The molecule has 0 spiro atoms. The van der Waals surface area contributed by atoms with Gasteiger partial charge >= 0.3 is 6.09 Å². The number of nitrogens with zero attached hydrogens (tertiary/aromatic N) is 2. The van der Waals surface area contributed by atoms with Crippen LogP contribution in [0, 0.1) is 0 Å². The number of carbonyl (C=O) groups is 1. The van der Waals surface area contributed by atoms with Crippen LogP contribution in [0.4, 0.5) is 4.79 Å². The molecule has 0 aromatic rings. The molecule has 2 aliphatic rings. The lowest BCUT2D eigenvalue weighted by atomic mass is 10.1. The summed E-state index contributed by atoms with van der Waals surface area (Å²) < 4.78 is 0. The first-order chi connectivity index (χ1) is 6.18. The largest absolute Gasteiger partial charge is 0.464 e. The molecule has 5 nitrogen and oxygen atoms in total. The Kier molecular flexibility index (Phi) is 1.82. The van der Waals surface area contributed by atoms with Crippen LogP contribution in [0.1, 0.15) is 0 Å². The average Bonchev–Trinajstić information content (AvgIpc) is 2.47. The quantitative estimate of drug-likeness (QED) is 0.609. The first-order valence-electron chi connectivity index (χ1n) is 3.59. The van der Waals surface area contributed by atoms with E-state index in [1.165, 1.54) is 12.4 Å². The molecule has 0 aromatic carbocycles. The SMILES string of the molecule is O=C(O)N1C=C2C(Cl)=CN=C2CN1. The Bertz CT molecular complexity index is 359. The highest BCUT2D eigenvalue weighted by atomic mass is 35.5. The molecule has 0 aromatic heterocycles. The van der Waals surface area contributed by atoms with Crippen LogP contribution in [-0.2, 0) is 0 Å². The summed E-state index contributed by atoms with van der Waals surface area (Å²) >= 11 is 5.79. The monoisotopic (exact) mass is 199 g/mol. The summed E-state index contributed by atoms with van der Waals surface area (Å²) in [4.78, 5) is 14.6. The standard InChI is InChI=1S/C7H6ClN3O2/c8-5-1-9-6-2-10-11(7(12)13)3-4(5)6/h1,3,10H,2H2,(H,12,13). The number of hydrogen-bond acceptors (Lipinski definition) is 3. The van der Waals surface area contributed by atoms with Gasteiger partial charge in [0, 0.05) is 18.0 Å². The Morgan fingerprint density at radius 2 is 2.54 bits per heavy atom. The molecule has 0 bridgehead atoms. The van der Waals surface area contributed by atoms with Crippen LogP contribution in [0.25, 0.3) is 0 Å². The van der Waals surface area contributed by atoms with Crippen molar-refractivity contribution in [1.82, 2.24) is 10.4 Å². The second kappa shape index (κ2) is 2.86. The van der Waals surface area contributed by atoms with Gasteiger partial charge in [0.25, 0.3) is 0 Å². The minimum atomic E-state index is -1.07. The van der Waals surface area contributed by atoms with Crippen LogP contribution < -0.4 is 5.43 Å². The molecule has 2 heterocycles. The van der Waals surface area contributed by atoms with E-state index in [0.717, 1.165) is 10.7 Å². The molecule has 6 heteroatoms. The van der Waals surface area contributed by atoms with Crippen LogP contribution in [0.2, 0.25) is 0 Å². The van der Waals surface area contributed by atoms with E-state index in [0.29, 0.717) is 17.2 Å². The van der Waals surface area contributed by atoms with Crippen molar-refractivity contribution in [2.45, 2.75) is 0 Å². The highest BCUT2D eigenvalue weighted by molar-refractivity contribution is 6.37. The molecule has 0 unspecified atom stereocenters. The Hall–Kier alpha value is -1.33. The summed E-state index contributed by atoms with van der Waals surface area (Å²) in [5.74, 6) is 0. The number of hydrazine groups is 1. The third kappa shape index (κ3) is 1.32. The van der Waals surface area contributed by atoms with E-state index in [2.05, 4.69) is 10.4 Å². The molecule has 68 valence electrons. The van der Waals surface area contributed by atoms with Crippen molar-refractivity contribution in [2.24, 2.45) is 4.99 Å². The van der Waals surface area contributed by atoms with Gasteiger partial charge in [0.05, 0.1) is 17.3 Å². The van der Waals surface area contributed by atoms with E-state index in [4.69, 9.17) is 16.7 Å². The molecule has 13 heavy (non-hydrogen) atoms. The van der Waals surface area contributed by atoms with Crippen LogP contribution in [0.5, 0.6) is 0 Å². The molecule has 0 aliphatic carbocycles. The molecule has 2 aliphatic heterocycles. The minimum Gasteiger partial charge on any atom is -0.464 e. The number of aliphatic imine (C=N–C) groups is 1. The fourth-order valence-corrected chi connectivity index (χ4v) is 1.35. The summed E-state index contributed by atoms with van der Waals surface area (Å²) in [6.45, 7) is 0.380. The average molecular weight is 200 g/mol. The van der Waals surface area contributed by atoms with Crippen molar-refractivity contribution in [3.05, 3.63) is 23.0 Å². The number of rotatable bonds is 0. The topological polar surface area (TPSA) is 64.9 Å². The van der Waals surface area contributed by atoms with E-state index < -0.39 is 6.09 Å². The van der Waals surface area contributed by atoms with Crippen LogP contribution >= 0.6 is 11.6 Å². The van der Waals surface area contributed by atoms with Gasteiger partial charge in [0.1, 0.15) is 0 Å². The zero-order valence-electron chi connectivity index (χ0n) is 6.49. The fraction of sp³-hybridized carbons (Fsp3) is 0.143. The second-order valence-electron chi connectivity index (χ2n) is 2.58. The van der Waals surface area contributed by atoms with E-state index >= 15 is 0 Å². The first kappa shape index (κ1) is 8.28. The number of allylic oxidation sites excluding steroid dienone is 1. The molecular formula is C7H6ClN3O2. The van der Waals surface area contributed by atoms with Crippen LogP contribution in [-0.4, -0.2) is 28.5 Å². The maximum atomic E-state index is 10.6. The number of carboxylic acid groups (broad SMARTS) is 1. The van der Waals surface area contributed by atoms with E-state index in [9.17, 15) is 4.79 Å². The molecule has 2 N–H and O–H groups in total. The number of hydrogen-bond donors (Lipinski definition) is 2. The zero-order chi connectivity index (χ0) is 9.42. The molecule has 0 saturated carbocycles. The maximum Gasteiger partial charge on any atom is 0.426 e. The predicted molar refractivity (Wildman–Crippen MR) is 47.3 cm³/mol. The van der Waals surface area contributed by atoms with Crippen molar-refractivity contribution in [2.75, 3.05) is 6.54 Å². The van der Waals surface area contributed by atoms with Gasteiger partial charge < -0.3 is 5.11 Å². The van der Waals surface area contributed by atoms with Gasteiger partial charge in [0.2, 0.25) is 0 Å². The molecule has 0 fully saturated rings. The number of amides is 1. The summed E-state index contributed by atoms with van der Waals surface area (Å²) in [7, 11) is 0. The molecule has 0 radical (unpaired) electrons. The van der Waals surface area contributed by atoms with Crippen LogP contribution in [0.15, 0.2) is 28.0 Å². The molecule has 0 atom stereocenters. The highest BCUT2D eigenvalue weighted by Crippen LogP contribution is 2.24. The molecule has 0 saturated heterocycles. The summed E-state index contributed by atoms with van der Waals surface area (Å²) in [6.07, 6.45) is 1.86. The van der Waals surface area contributed by atoms with Gasteiger partial charge in [-0.1, -0.05) is 11.6 Å². The lowest BCUT2D eigenvalue weighted by molar-refractivity contribution is 0.146. The van der Waals surface area contributed by atoms with Gasteiger partial charge in [-0.3, -0.25) is 4.99 Å². The van der Waals surface area contributed by atoms with Crippen LogP contribution in [0.3, 0.4) is 0 Å². The number of fused-ring (bicyclic) bond motifs is 1. The van der Waals surface area contributed by atoms with Gasteiger partial charge in [0.15, 0.2) is 0 Å². The maximum absolute atomic E-state index is 10.6. The van der Waals surface area contributed by atoms with E-state index in [-0.39, 0.29) is 0 Å². The summed E-state index contributed by atoms with van der Waals surface area (Å²) in [5.41, 5.74) is 4.08. The normalized spacial score (nSPS) is 20.4. The molecule has 2 rings (SSSR count). The van der Waals surface area contributed by atoms with E-state index in [1.807, 2.05) is 0 Å². The smallest absolute Gasteiger partial charge is 0.426 e. The van der Waals surface area contributed by atoms with E-state index in [1.54, 1.807) is 0 Å². The summed E-state index contributed by atoms with van der Waals surface area (Å²) in [6, 6.07) is 0. The first-order valence-corrected chi connectivity index (χ1v) is 3.97. The Morgan fingerprint density at radius 1 is 1.77 bits per heavy atom. The van der Waals surface area contributed by atoms with Crippen molar-refractivity contribution in [1.29, 1.82) is 0 Å². The Labute approximate surface area is 79.0 Å². The number of halogens is 1.